The number of hydrogen-bond acceptors (Lipinski definition) is 3. The van der Waals surface area contributed by atoms with E-state index in [1.807, 2.05) is 6.07 Å². The second-order valence-corrected chi connectivity index (χ2v) is 3.94. The van der Waals surface area contributed by atoms with Gasteiger partial charge < -0.3 is 4.98 Å². The summed E-state index contributed by atoms with van der Waals surface area (Å²) < 4.78 is 0.676. The number of pyridine rings is 2. The van der Waals surface area contributed by atoms with E-state index in [-0.39, 0.29) is 5.56 Å². The highest BCUT2D eigenvalue weighted by Crippen LogP contribution is 2.24. The molecule has 0 bridgehead atoms. The highest BCUT2D eigenvalue weighted by molar-refractivity contribution is 9.10. The molecule has 1 N–H and O–H groups in total. The number of halogens is 1. The van der Waals surface area contributed by atoms with Gasteiger partial charge in [0.25, 0.3) is 5.56 Å². The molecule has 16 heavy (non-hydrogen) atoms. The van der Waals surface area contributed by atoms with E-state index in [0.29, 0.717) is 10.2 Å². The van der Waals surface area contributed by atoms with Crippen molar-refractivity contribution in [3.05, 3.63) is 51.0 Å². The molecule has 0 radical (unpaired) electrons. The molecule has 0 spiro atoms. The minimum Gasteiger partial charge on any atom is -0.320 e. The van der Waals surface area contributed by atoms with Crippen LogP contribution in [0.1, 0.15) is 5.56 Å². The zero-order valence-electron chi connectivity index (χ0n) is 8.07. The summed E-state index contributed by atoms with van der Waals surface area (Å²) in [6.45, 7) is 0. The van der Waals surface area contributed by atoms with Gasteiger partial charge in [0, 0.05) is 22.4 Å². The number of H-pyrrole nitrogens is 1. The van der Waals surface area contributed by atoms with E-state index in [1.165, 1.54) is 6.07 Å². The lowest BCUT2D eigenvalue weighted by Crippen LogP contribution is -2.11. The average molecular weight is 276 g/mol. The summed E-state index contributed by atoms with van der Waals surface area (Å²) in [5, 5.41) is 8.70. The van der Waals surface area contributed by atoms with Crippen molar-refractivity contribution in [2.75, 3.05) is 0 Å². The highest BCUT2D eigenvalue weighted by Gasteiger charge is 2.07. The molecule has 2 aromatic rings. The summed E-state index contributed by atoms with van der Waals surface area (Å²) in [5.74, 6) is 0. The molecule has 0 saturated heterocycles. The Morgan fingerprint density at radius 3 is 2.69 bits per heavy atom. The molecule has 2 rings (SSSR count). The number of aromatic nitrogens is 2. The number of nitriles is 1. The van der Waals surface area contributed by atoms with Gasteiger partial charge in [-0.25, -0.2) is 0 Å². The lowest BCUT2D eigenvalue weighted by molar-refractivity contribution is 1.20. The van der Waals surface area contributed by atoms with Crippen molar-refractivity contribution < 1.29 is 0 Å². The van der Waals surface area contributed by atoms with Gasteiger partial charge in [0.2, 0.25) is 0 Å². The van der Waals surface area contributed by atoms with Crippen molar-refractivity contribution in [3.63, 3.8) is 0 Å². The van der Waals surface area contributed by atoms with Gasteiger partial charge >= 0.3 is 0 Å². The Morgan fingerprint density at radius 1 is 1.38 bits per heavy atom. The van der Waals surface area contributed by atoms with E-state index < -0.39 is 5.56 Å². The predicted molar refractivity (Wildman–Crippen MR) is 62.7 cm³/mol. The maximum Gasteiger partial charge on any atom is 0.266 e. The molecule has 0 atom stereocenters. The van der Waals surface area contributed by atoms with Crippen LogP contribution in [0.15, 0.2) is 39.9 Å². The van der Waals surface area contributed by atoms with E-state index >= 15 is 0 Å². The molecule has 0 aromatic carbocycles. The van der Waals surface area contributed by atoms with Crippen LogP contribution in [-0.4, -0.2) is 9.97 Å². The molecular weight excluding hydrogens is 270 g/mol. The normalized spacial score (nSPS) is 9.75. The van der Waals surface area contributed by atoms with Gasteiger partial charge in [0.1, 0.15) is 11.6 Å². The van der Waals surface area contributed by atoms with Crippen LogP contribution in [0.25, 0.3) is 11.3 Å². The average Bonchev–Trinajstić information content (AvgIpc) is 2.32. The largest absolute Gasteiger partial charge is 0.320 e. The monoisotopic (exact) mass is 275 g/mol. The smallest absolute Gasteiger partial charge is 0.266 e. The number of rotatable bonds is 1. The molecule has 5 heteroatoms. The maximum absolute atomic E-state index is 11.5. The first-order chi connectivity index (χ1) is 7.72. The van der Waals surface area contributed by atoms with Gasteiger partial charge in [0.05, 0.1) is 5.69 Å². The lowest BCUT2D eigenvalue weighted by atomic mass is 10.1. The van der Waals surface area contributed by atoms with Crippen LogP contribution < -0.4 is 5.56 Å². The summed E-state index contributed by atoms with van der Waals surface area (Å²) in [4.78, 5) is 18.0. The van der Waals surface area contributed by atoms with Crippen LogP contribution in [0.2, 0.25) is 0 Å². The first kappa shape index (κ1) is 10.6. The first-order valence-corrected chi connectivity index (χ1v) is 5.25. The zero-order valence-corrected chi connectivity index (χ0v) is 9.65. The van der Waals surface area contributed by atoms with Crippen molar-refractivity contribution in [2.24, 2.45) is 0 Å². The summed E-state index contributed by atoms with van der Waals surface area (Å²) in [6, 6.07) is 6.90. The fraction of sp³-hybridized carbons (Fsp3) is 0. The van der Waals surface area contributed by atoms with Crippen molar-refractivity contribution in [3.8, 4) is 17.3 Å². The third-order valence-electron chi connectivity index (χ3n) is 2.08. The molecule has 0 unspecified atom stereocenters. The number of nitrogens with one attached hydrogen (secondary N) is 1. The molecule has 0 aliphatic carbocycles. The minimum absolute atomic E-state index is 0.0877. The zero-order chi connectivity index (χ0) is 11.5. The lowest BCUT2D eigenvalue weighted by Gasteiger charge is -2.03. The van der Waals surface area contributed by atoms with Gasteiger partial charge in [0.15, 0.2) is 0 Å². The Morgan fingerprint density at radius 2 is 2.06 bits per heavy atom. The van der Waals surface area contributed by atoms with Crippen LogP contribution in [0.3, 0.4) is 0 Å². The van der Waals surface area contributed by atoms with Crippen LogP contribution >= 0.6 is 15.9 Å². The molecule has 0 saturated carbocycles. The van der Waals surface area contributed by atoms with Gasteiger partial charge in [-0.15, -0.1) is 0 Å². The Bertz CT molecular complexity index is 613. The van der Waals surface area contributed by atoms with Gasteiger partial charge in [-0.2, -0.15) is 5.26 Å². The van der Waals surface area contributed by atoms with Gasteiger partial charge in [-0.1, -0.05) is 0 Å². The second kappa shape index (κ2) is 4.29. The van der Waals surface area contributed by atoms with Gasteiger partial charge in [-0.05, 0) is 34.1 Å². The van der Waals surface area contributed by atoms with E-state index in [4.69, 9.17) is 5.26 Å². The second-order valence-electron chi connectivity index (χ2n) is 3.08. The fourth-order valence-electron chi connectivity index (χ4n) is 1.32. The third-order valence-corrected chi connectivity index (χ3v) is 2.71. The highest BCUT2D eigenvalue weighted by atomic mass is 79.9. The number of aromatic amines is 1. The van der Waals surface area contributed by atoms with Crippen molar-refractivity contribution in [1.82, 2.24) is 9.97 Å². The Kier molecular flexibility index (Phi) is 2.84. The molecule has 0 amide bonds. The molecule has 2 heterocycles. The Hall–Kier alpha value is -1.93. The topological polar surface area (TPSA) is 69.5 Å². The fourth-order valence-corrected chi connectivity index (χ4v) is 1.87. The Labute approximate surface area is 99.7 Å². The minimum atomic E-state index is -0.391. The molecule has 78 valence electrons. The standard InChI is InChI=1S/C11H6BrN3O/c12-9-5-8(6-13)11(16)15-10(9)7-1-3-14-4-2-7/h1-5H,(H,15,16). The molecule has 0 aliphatic heterocycles. The van der Waals surface area contributed by atoms with Crippen molar-refractivity contribution >= 4 is 15.9 Å². The Balaban J connectivity index is 2.65. The summed E-state index contributed by atoms with van der Waals surface area (Å²) in [7, 11) is 0. The van der Waals surface area contributed by atoms with Crippen molar-refractivity contribution in [1.29, 1.82) is 5.26 Å². The quantitative estimate of drug-likeness (QED) is 0.866. The van der Waals surface area contributed by atoms with Crippen molar-refractivity contribution in [2.45, 2.75) is 0 Å². The van der Waals surface area contributed by atoms with Gasteiger partial charge in [-0.3, -0.25) is 9.78 Å². The first-order valence-electron chi connectivity index (χ1n) is 4.45. The van der Waals surface area contributed by atoms with Crippen LogP contribution in [0.5, 0.6) is 0 Å². The molecule has 4 nitrogen and oxygen atoms in total. The summed E-state index contributed by atoms with van der Waals surface area (Å²) in [6.07, 6.45) is 3.27. The number of hydrogen-bond donors (Lipinski definition) is 1. The SMILES string of the molecule is N#Cc1cc(Br)c(-c2ccncc2)[nH]c1=O. The summed E-state index contributed by atoms with van der Waals surface area (Å²) >= 11 is 3.32. The van der Waals surface area contributed by atoms with Crippen LogP contribution in [0.4, 0.5) is 0 Å². The number of nitrogens with zero attached hydrogens (tertiary/aromatic N) is 2. The van der Waals surface area contributed by atoms with Crippen LogP contribution in [-0.2, 0) is 0 Å². The molecule has 2 aromatic heterocycles. The molecule has 0 fully saturated rings. The molecular formula is C11H6BrN3O. The summed E-state index contributed by atoms with van der Waals surface area (Å²) in [5.41, 5.74) is 1.18. The third kappa shape index (κ3) is 1.88. The van der Waals surface area contributed by atoms with Crippen LogP contribution in [0, 0.1) is 11.3 Å². The van der Waals surface area contributed by atoms with E-state index in [1.54, 1.807) is 24.5 Å². The van der Waals surface area contributed by atoms with E-state index in [2.05, 4.69) is 25.9 Å². The van der Waals surface area contributed by atoms with E-state index in [9.17, 15) is 4.79 Å². The molecule has 0 aliphatic rings. The predicted octanol–water partition coefficient (Wildman–Crippen LogP) is 2.07. The maximum atomic E-state index is 11.5. The van der Waals surface area contributed by atoms with E-state index in [0.717, 1.165) is 5.56 Å².